The van der Waals surface area contributed by atoms with Gasteiger partial charge in [-0.1, -0.05) is 53.4 Å². The number of unbranched alkanes of at least 4 members (excludes halogenated alkanes) is 6. The summed E-state index contributed by atoms with van der Waals surface area (Å²) < 4.78 is 30.9. The SMILES string of the molecule is CCCCOC(=O)NCCCCC(NC(=O)OCCCC)C(=O)OCCOC(=O)C(CCCCNC(=O)OCCCC)NC(=O)OCCCC. The maximum atomic E-state index is 12.9. The van der Waals surface area contributed by atoms with Crippen molar-refractivity contribution in [3.05, 3.63) is 0 Å². The van der Waals surface area contributed by atoms with Crippen LogP contribution < -0.4 is 21.3 Å². The smallest absolute Gasteiger partial charge is 0.407 e. The highest BCUT2D eigenvalue weighted by molar-refractivity contribution is 5.82. The fourth-order valence-corrected chi connectivity index (χ4v) is 4.02. The number of rotatable bonds is 29. The molecule has 0 aliphatic carbocycles. The second-order valence-electron chi connectivity index (χ2n) is 11.5. The Hall–Kier alpha value is -3.98. The van der Waals surface area contributed by atoms with Crippen molar-refractivity contribution < 1.29 is 57.2 Å². The summed E-state index contributed by atoms with van der Waals surface area (Å²) in [6.45, 7) is 9.04. The Morgan fingerprint density at radius 3 is 1.04 bits per heavy atom. The van der Waals surface area contributed by atoms with Gasteiger partial charge in [0.25, 0.3) is 0 Å². The third kappa shape index (κ3) is 26.9. The Bertz CT molecular complexity index is 879. The van der Waals surface area contributed by atoms with Gasteiger partial charge in [-0.25, -0.2) is 28.8 Å². The van der Waals surface area contributed by atoms with Crippen LogP contribution in [0.5, 0.6) is 0 Å². The van der Waals surface area contributed by atoms with Crippen molar-refractivity contribution in [3.63, 3.8) is 0 Å². The second kappa shape index (κ2) is 32.2. The number of amides is 4. The number of alkyl carbamates (subject to hydrolysis) is 4. The van der Waals surface area contributed by atoms with Crippen LogP contribution in [0.4, 0.5) is 19.2 Å². The quantitative estimate of drug-likeness (QED) is 0.0444. The van der Waals surface area contributed by atoms with Gasteiger partial charge in [0, 0.05) is 13.1 Å². The summed E-state index contributed by atoms with van der Waals surface area (Å²) in [5, 5.41) is 10.3. The first kappa shape index (κ1) is 46.0. The summed E-state index contributed by atoms with van der Waals surface area (Å²) in [6, 6.07) is -2.05. The highest BCUT2D eigenvalue weighted by Gasteiger charge is 2.25. The minimum Gasteiger partial charge on any atom is -0.461 e. The van der Waals surface area contributed by atoms with Crippen LogP contribution in [0.25, 0.3) is 0 Å². The van der Waals surface area contributed by atoms with E-state index in [0.29, 0.717) is 64.8 Å². The van der Waals surface area contributed by atoms with Crippen molar-refractivity contribution in [1.29, 1.82) is 0 Å². The zero-order chi connectivity index (χ0) is 37.2. The zero-order valence-electron chi connectivity index (χ0n) is 30.6. The molecule has 0 aliphatic heterocycles. The van der Waals surface area contributed by atoms with Crippen LogP contribution in [0.15, 0.2) is 0 Å². The van der Waals surface area contributed by atoms with Crippen molar-refractivity contribution in [2.24, 2.45) is 0 Å². The molecule has 290 valence electrons. The summed E-state index contributed by atoms with van der Waals surface area (Å²) in [4.78, 5) is 73.7. The van der Waals surface area contributed by atoms with Crippen LogP contribution in [0.1, 0.15) is 118 Å². The summed E-state index contributed by atoms with van der Waals surface area (Å²) >= 11 is 0. The molecule has 4 N–H and O–H groups in total. The fraction of sp³-hybridized carbons (Fsp3) is 0.824. The van der Waals surface area contributed by atoms with Crippen molar-refractivity contribution in [1.82, 2.24) is 21.3 Å². The lowest BCUT2D eigenvalue weighted by Crippen LogP contribution is -2.43. The maximum Gasteiger partial charge on any atom is 0.407 e. The predicted molar refractivity (Wildman–Crippen MR) is 184 cm³/mol. The monoisotopic (exact) mass is 718 g/mol. The minimum atomic E-state index is -1.03. The van der Waals surface area contributed by atoms with Gasteiger partial charge in [-0.2, -0.15) is 0 Å². The van der Waals surface area contributed by atoms with Crippen LogP contribution in [-0.4, -0.2) is 101 Å². The lowest BCUT2D eigenvalue weighted by molar-refractivity contribution is -0.154. The van der Waals surface area contributed by atoms with Gasteiger partial charge in [-0.15, -0.1) is 0 Å². The van der Waals surface area contributed by atoms with E-state index in [9.17, 15) is 28.8 Å². The van der Waals surface area contributed by atoms with Gasteiger partial charge >= 0.3 is 36.3 Å². The Balaban J connectivity index is 4.92. The molecule has 0 aromatic carbocycles. The third-order valence-corrected chi connectivity index (χ3v) is 7.03. The molecule has 0 aromatic rings. The molecule has 0 saturated heterocycles. The van der Waals surface area contributed by atoms with Crippen LogP contribution >= 0.6 is 0 Å². The Labute approximate surface area is 297 Å². The first-order chi connectivity index (χ1) is 24.2. The van der Waals surface area contributed by atoms with Gasteiger partial charge in [0.2, 0.25) is 0 Å². The molecule has 0 spiro atoms. The lowest BCUT2D eigenvalue weighted by Gasteiger charge is -2.19. The Morgan fingerprint density at radius 2 is 0.720 bits per heavy atom. The van der Waals surface area contributed by atoms with Gasteiger partial charge in [0.05, 0.1) is 26.4 Å². The van der Waals surface area contributed by atoms with Gasteiger partial charge < -0.3 is 49.7 Å². The second-order valence-corrected chi connectivity index (χ2v) is 11.5. The average molecular weight is 719 g/mol. The van der Waals surface area contributed by atoms with E-state index in [0.717, 1.165) is 38.5 Å². The first-order valence-corrected chi connectivity index (χ1v) is 18.2. The van der Waals surface area contributed by atoms with Crippen LogP contribution in [0.2, 0.25) is 0 Å². The molecule has 2 unspecified atom stereocenters. The molecule has 0 aliphatic rings. The number of hydrogen-bond donors (Lipinski definition) is 4. The molecule has 0 aromatic heterocycles. The van der Waals surface area contributed by atoms with E-state index in [1.165, 1.54) is 0 Å². The van der Waals surface area contributed by atoms with E-state index in [1.807, 2.05) is 27.7 Å². The predicted octanol–water partition coefficient (Wildman–Crippen LogP) is 5.26. The van der Waals surface area contributed by atoms with Crippen LogP contribution in [0.3, 0.4) is 0 Å². The molecule has 4 amide bonds. The first-order valence-electron chi connectivity index (χ1n) is 18.2. The molecule has 0 saturated carbocycles. The fourth-order valence-electron chi connectivity index (χ4n) is 4.02. The van der Waals surface area contributed by atoms with Crippen molar-refractivity contribution >= 4 is 36.3 Å². The molecule has 16 nitrogen and oxygen atoms in total. The van der Waals surface area contributed by atoms with Crippen molar-refractivity contribution in [2.45, 2.75) is 130 Å². The molecule has 0 heterocycles. The van der Waals surface area contributed by atoms with Crippen LogP contribution in [0, 0.1) is 0 Å². The Morgan fingerprint density at radius 1 is 0.400 bits per heavy atom. The lowest BCUT2D eigenvalue weighted by atomic mass is 10.1. The topological polar surface area (TPSA) is 206 Å². The van der Waals surface area contributed by atoms with E-state index in [1.54, 1.807) is 0 Å². The molecule has 0 fully saturated rings. The molecule has 2 atom stereocenters. The number of carbonyl (C=O) groups excluding carboxylic acids is 6. The number of esters is 2. The largest absolute Gasteiger partial charge is 0.461 e. The van der Waals surface area contributed by atoms with Gasteiger partial charge in [-0.05, 0) is 64.2 Å². The van der Waals surface area contributed by atoms with Gasteiger partial charge in [-0.3, -0.25) is 0 Å². The van der Waals surface area contributed by atoms with E-state index >= 15 is 0 Å². The molecular weight excluding hydrogens is 656 g/mol. The zero-order valence-corrected chi connectivity index (χ0v) is 30.6. The molecule has 16 heteroatoms. The van der Waals surface area contributed by atoms with E-state index in [2.05, 4.69) is 21.3 Å². The standard InChI is InChI=1S/C34H62N4O12/c1-5-9-21-47-31(41)35-19-15-13-17-27(37-33(43)49-23-11-7-3)29(39)45-25-26-46-30(40)28(38-34(44)50-24-12-8-4)18-14-16-20-36-32(42)48-22-10-6-2/h27-28H,5-26H2,1-4H3,(H,35,41)(H,36,42)(H,37,43)(H,38,44). The van der Waals surface area contributed by atoms with Gasteiger partial charge in [0.15, 0.2) is 0 Å². The number of hydrogen-bond acceptors (Lipinski definition) is 12. The number of carbonyl (C=O) groups is 6. The molecule has 0 rings (SSSR count). The highest BCUT2D eigenvalue weighted by atomic mass is 16.6. The minimum absolute atomic E-state index is 0.202. The van der Waals surface area contributed by atoms with Crippen molar-refractivity contribution in [3.8, 4) is 0 Å². The highest BCUT2D eigenvalue weighted by Crippen LogP contribution is 2.07. The van der Waals surface area contributed by atoms with Gasteiger partial charge in [0.1, 0.15) is 25.3 Å². The van der Waals surface area contributed by atoms with E-state index in [4.69, 9.17) is 28.4 Å². The summed E-state index contributed by atoms with van der Waals surface area (Å²) in [5.41, 5.74) is 0. The normalized spacial score (nSPS) is 11.7. The molecule has 0 bridgehead atoms. The molecule has 0 radical (unpaired) electrons. The summed E-state index contributed by atoms with van der Waals surface area (Å²) in [7, 11) is 0. The van der Waals surface area contributed by atoms with E-state index < -0.39 is 48.4 Å². The van der Waals surface area contributed by atoms with Crippen LogP contribution in [-0.2, 0) is 38.0 Å². The maximum absolute atomic E-state index is 12.9. The summed E-state index contributed by atoms with van der Waals surface area (Å²) in [6.07, 6.45) is 6.24. The van der Waals surface area contributed by atoms with Crippen molar-refractivity contribution in [2.75, 3.05) is 52.7 Å². The number of ether oxygens (including phenoxy) is 6. The van der Waals surface area contributed by atoms with E-state index in [-0.39, 0.29) is 39.3 Å². The average Bonchev–Trinajstić information content (AvgIpc) is 3.09. The summed E-state index contributed by atoms with van der Waals surface area (Å²) in [5.74, 6) is -1.48. The molecular formula is C34H62N4O12. The Kier molecular flexibility index (Phi) is 29.7. The third-order valence-electron chi connectivity index (χ3n) is 7.03. The molecule has 50 heavy (non-hydrogen) atoms. The number of nitrogens with one attached hydrogen (secondary N) is 4.